The summed E-state index contributed by atoms with van der Waals surface area (Å²) in [6.45, 7) is 1.36. The first kappa shape index (κ1) is 21.3. The Morgan fingerprint density at radius 1 is 1.09 bits per heavy atom. The average molecular weight is 454 g/mol. The van der Waals surface area contributed by atoms with Gasteiger partial charge in [0, 0.05) is 17.8 Å². The number of carboxylic acids is 1. The minimum Gasteiger partial charge on any atom is -0.481 e. The minimum atomic E-state index is -1.12. The third-order valence-corrected chi connectivity index (χ3v) is 5.33. The van der Waals surface area contributed by atoms with Crippen LogP contribution in [0.4, 0.5) is 5.69 Å². The highest BCUT2D eigenvalue weighted by Gasteiger charge is 2.36. The molecule has 0 spiro atoms. The van der Waals surface area contributed by atoms with E-state index >= 15 is 0 Å². The lowest BCUT2D eigenvalue weighted by molar-refractivity contribution is -0.137. The van der Waals surface area contributed by atoms with Crippen molar-refractivity contribution < 1.29 is 28.8 Å². The van der Waals surface area contributed by atoms with Gasteiger partial charge < -0.3 is 14.9 Å². The van der Waals surface area contributed by atoms with Gasteiger partial charge in [0.15, 0.2) is 0 Å². The summed E-state index contributed by atoms with van der Waals surface area (Å²) in [6.07, 6.45) is -0.355. The van der Waals surface area contributed by atoms with E-state index in [-0.39, 0.29) is 46.8 Å². The van der Waals surface area contributed by atoms with Crippen molar-refractivity contribution in [3.8, 4) is 11.3 Å². The molecule has 9 nitrogen and oxygen atoms in total. The number of fused-ring (bicyclic) bond motifs is 1. The predicted molar refractivity (Wildman–Crippen MR) is 114 cm³/mol. The second-order valence-electron chi connectivity index (χ2n) is 7.06. The molecule has 2 N–H and O–H groups in total. The quantitative estimate of drug-likeness (QED) is 0.545. The van der Waals surface area contributed by atoms with Crippen molar-refractivity contribution in [2.45, 2.75) is 13.3 Å². The van der Waals surface area contributed by atoms with Crippen LogP contribution in [0.1, 0.15) is 43.3 Å². The van der Waals surface area contributed by atoms with Gasteiger partial charge in [0.05, 0.1) is 22.6 Å². The summed E-state index contributed by atoms with van der Waals surface area (Å²) in [5, 5.41) is 15.9. The summed E-state index contributed by atoms with van der Waals surface area (Å²) in [6, 6.07) is 11.2. The van der Waals surface area contributed by atoms with Crippen molar-refractivity contribution in [1.29, 1.82) is 0 Å². The van der Waals surface area contributed by atoms with Gasteiger partial charge in [-0.25, -0.2) is 0 Å². The van der Waals surface area contributed by atoms with Gasteiger partial charge in [-0.15, -0.1) is 0 Å². The minimum absolute atomic E-state index is 0.0894. The summed E-state index contributed by atoms with van der Waals surface area (Å²) >= 11 is 6.23. The Kier molecular flexibility index (Phi) is 5.50. The molecule has 0 bridgehead atoms. The maximum Gasteiger partial charge on any atom is 0.305 e. The van der Waals surface area contributed by atoms with Gasteiger partial charge in [0.25, 0.3) is 17.7 Å². The monoisotopic (exact) mass is 453 g/mol. The number of benzene rings is 2. The number of carbonyl (C=O) groups excluding carboxylic acids is 3. The van der Waals surface area contributed by atoms with Crippen molar-refractivity contribution in [3.63, 3.8) is 0 Å². The number of nitrogens with zero attached hydrogens (tertiary/aromatic N) is 2. The first-order valence-electron chi connectivity index (χ1n) is 9.52. The van der Waals surface area contributed by atoms with Crippen LogP contribution in [0.3, 0.4) is 0 Å². The van der Waals surface area contributed by atoms with E-state index in [9.17, 15) is 19.2 Å². The summed E-state index contributed by atoms with van der Waals surface area (Å²) in [5.74, 6) is -2.55. The lowest BCUT2D eigenvalue weighted by Gasteiger charge is -2.11. The number of carboxylic acid groups (broad SMARTS) is 1. The zero-order chi connectivity index (χ0) is 23.0. The van der Waals surface area contributed by atoms with E-state index in [4.69, 9.17) is 21.2 Å². The molecular weight excluding hydrogens is 438 g/mol. The van der Waals surface area contributed by atoms with Crippen molar-refractivity contribution in [2.24, 2.45) is 0 Å². The van der Waals surface area contributed by atoms with Crippen LogP contribution in [0.15, 0.2) is 47.0 Å². The molecule has 0 fully saturated rings. The molecule has 10 heteroatoms. The molecule has 32 heavy (non-hydrogen) atoms. The lowest BCUT2D eigenvalue weighted by atomic mass is 10.0. The Morgan fingerprint density at radius 2 is 1.81 bits per heavy atom. The molecule has 2 heterocycles. The molecule has 4 rings (SSSR count). The van der Waals surface area contributed by atoms with E-state index in [1.807, 2.05) is 0 Å². The number of imide groups is 1. The van der Waals surface area contributed by atoms with Gasteiger partial charge in [-0.2, -0.15) is 0 Å². The van der Waals surface area contributed by atoms with E-state index in [0.717, 1.165) is 4.90 Å². The SMILES string of the molecule is Cc1onc(-c2ccccc2Cl)c1C(=O)Nc1ccc2c(c1)C(=O)N(CCC(=O)O)C2=O. The van der Waals surface area contributed by atoms with E-state index < -0.39 is 23.7 Å². The number of anilines is 1. The van der Waals surface area contributed by atoms with Gasteiger partial charge in [0.1, 0.15) is 17.0 Å². The van der Waals surface area contributed by atoms with Crippen molar-refractivity contribution >= 4 is 41.0 Å². The summed E-state index contributed by atoms with van der Waals surface area (Å²) in [7, 11) is 0. The van der Waals surface area contributed by atoms with E-state index in [0.29, 0.717) is 10.6 Å². The highest BCUT2D eigenvalue weighted by atomic mass is 35.5. The lowest BCUT2D eigenvalue weighted by Crippen LogP contribution is -2.31. The molecule has 0 atom stereocenters. The normalized spacial score (nSPS) is 12.8. The maximum absolute atomic E-state index is 13.0. The molecular formula is C22H16ClN3O6. The molecule has 2 aromatic carbocycles. The molecule has 0 unspecified atom stereocenters. The van der Waals surface area contributed by atoms with Crippen molar-refractivity contribution in [2.75, 3.05) is 11.9 Å². The highest BCUT2D eigenvalue weighted by molar-refractivity contribution is 6.33. The van der Waals surface area contributed by atoms with E-state index in [2.05, 4.69) is 10.5 Å². The van der Waals surface area contributed by atoms with Crippen LogP contribution in [0.2, 0.25) is 5.02 Å². The van der Waals surface area contributed by atoms with Crippen LogP contribution in [0.25, 0.3) is 11.3 Å². The molecule has 162 valence electrons. The fourth-order valence-corrected chi connectivity index (χ4v) is 3.67. The number of aliphatic carboxylic acids is 1. The third-order valence-electron chi connectivity index (χ3n) is 5.00. The number of nitrogens with one attached hydrogen (secondary N) is 1. The van der Waals surface area contributed by atoms with Crippen LogP contribution in [0.5, 0.6) is 0 Å². The number of rotatable bonds is 6. The van der Waals surface area contributed by atoms with E-state index in [1.165, 1.54) is 18.2 Å². The maximum atomic E-state index is 13.0. The number of aromatic nitrogens is 1. The second kappa shape index (κ2) is 8.27. The van der Waals surface area contributed by atoms with Gasteiger partial charge in [-0.3, -0.25) is 24.1 Å². The Balaban J connectivity index is 1.60. The second-order valence-corrected chi connectivity index (χ2v) is 7.47. The Hall–Kier alpha value is -3.98. The summed E-state index contributed by atoms with van der Waals surface area (Å²) < 4.78 is 5.21. The van der Waals surface area contributed by atoms with Crippen LogP contribution in [0, 0.1) is 6.92 Å². The van der Waals surface area contributed by atoms with Gasteiger partial charge in [0.2, 0.25) is 0 Å². The van der Waals surface area contributed by atoms with Crippen molar-refractivity contribution in [3.05, 3.63) is 69.9 Å². The zero-order valence-corrected chi connectivity index (χ0v) is 17.5. The van der Waals surface area contributed by atoms with Crippen LogP contribution >= 0.6 is 11.6 Å². The topological polar surface area (TPSA) is 130 Å². The standard InChI is InChI=1S/C22H16ClN3O6/c1-11-18(19(25-32-11)14-4-2-3-5-16(14)23)20(29)24-12-6-7-13-15(10-12)22(31)26(21(13)30)9-8-17(27)28/h2-7,10H,8-9H2,1H3,(H,24,29)(H,27,28). The number of hydrogen-bond acceptors (Lipinski definition) is 6. The average Bonchev–Trinajstić information content (AvgIpc) is 3.24. The van der Waals surface area contributed by atoms with Crippen LogP contribution < -0.4 is 5.32 Å². The predicted octanol–water partition coefficient (Wildman–Crippen LogP) is 3.63. The van der Waals surface area contributed by atoms with Gasteiger partial charge in [-0.1, -0.05) is 35.0 Å². The molecule has 0 aliphatic carbocycles. The molecule has 3 amide bonds. The largest absolute Gasteiger partial charge is 0.481 e. The third kappa shape index (κ3) is 3.74. The molecule has 0 radical (unpaired) electrons. The van der Waals surface area contributed by atoms with E-state index in [1.54, 1.807) is 31.2 Å². The Labute approximate surface area is 186 Å². The zero-order valence-electron chi connectivity index (χ0n) is 16.7. The molecule has 1 aliphatic rings. The first-order chi connectivity index (χ1) is 15.3. The number of carbonyl (C=O) groups is 4. The summed E-state index contributed by atoms with van der Waals surface area (Å²) in [4.78, 5) is 49.7. The number of amides is 3. The molecule has 1 aliphatic heterocycles. The number of hydrogen-bond donors (Lipinski definition) is 2. The Morgan fingerprint density at radius 3 is 2.53 bits per heavy atom. The Bertz CT molecular complexity index is 1280. The fraction of sp³-hybridized carbons (Fsp3) is 0.136. The van der Waals surface area contributed by atoms with Crippen molar-refractivity contribution in [1.82, 2.24) is 10.1 Å². The first-order valence-corrected chi connectivity index (χ1v) is 9.90. The smallest absolute Gasteiger partial charge is 0.305 e. The molecule has 0 saturated heterocycles. The van der Waals surface area contributed by atoms with Gasteiger partial charge >= 0.3 is 5.97 Å². The molecule has 1 aromatic heterocycles. The number of halogens is 1. The van der Waals surface area contributed by atoms with Gasteiger partial charge in [-0.05, 0) is 31.2 Å². The van der Waals surface area contributed by atoms with Crippen LogP contribution in [-0.4, -0.2) is 45.4 Å². The number of aryl methyl sites for hydroxylation is 1. The summed E-state index contributed by atoms with van der Waals surface area (Å²) in [5.41, 5.74) is 1.51. The highest BCUT2D eigenvalue weighted by Crippen LogP contribution is 2.32. The van der Waals surface area contributed by atoms with Crippen LogP contribution in [-0.2, 0) is 4.79 Å². The fourth-order valence-electron chi connectivity index (χ4n) is 3.45. The molecule has 0 saturated carbocycles. The molecule has 3 aromatic rings.